The molecule has 98 valence electrons. The van der Waals surface area contributed by atoms with Gasteiger partial charge in [-0.1, -0.05) is 0 Å². The molecule has 1 fully saturated rings. The highest BCUT2D eigenvalue weighted by Crippen LogP contribution is 2.36. The Balaban J connectivity index is 2.56. The third-order valence-electron chi connectivity index (χ3n) is 2.26. The van der Waals surface area contributed by atoms with Crippen LogP contribution in [0.25, 0.3) is 0 Å². The molecule has 1 heterocycles. The van der Waals surface area contributed by atoms with Crippen LogP contribution in [0.5, 0.6) is 0 Å². The Morgan fingerprint density at radius 3 is 2.00 bits per heavy atom. The molecule has 0 aromatic heterocycles. The molecule has 0 unspecified atom stereocenters. The zero-order valence-corrected chi connectivity index (χ0v) is 11.8. The molecule has 0 bridgehead atoms. The first-order valence-electron chi connectivity index (χ1n) is 5.75. The van der Waals surface area contributed by atoms with E-state index >= 15 is 0 Å². The summed E-state index contributed by atoms with van der Waals surface area (Å²) in [6.07, 6.45) is 0.507. The second-order valence-corrected chi connectivity index (χ2v) is 6.38. The van der Waals surface area contributed by atoms with E-state index in [2.05, 4.69) is 0 Å². The number of thioether (sulfide) groups is 2. The van der Waals surface area contributed by atoms with E-state index in [9.17, 15) is 9.59 Å². The minimum atomic E-state index is -0.766. The second-order valence-electron chi connectivity index (χ2n) is 3.46. The predicted octanol–water partition coefficient (Wildman–Crippen LogP) is 1.93. The third kappa shape index (κ3) is 4.79. The van der Waals surface area contributed by atoms with Crippen LogP contribution in [0.3, 0.4) is 0 Å². The standard InChI is InChI=1S/C11H18O4S2/c1-3-14-10(12)8(11(13)15-4-2)7-9-16-5-6-17-9/h8-9H,3-7H2,1-2H3. The molecule has 1 aliphatic heterocycles. The van der Waals surface area contributed by atoms with Crippen molar-refractivity contribution in [3.63, 3.8) is 0 Å². The van der Waals surface area contributed by atoms with Crippen molar-refractivity contribution in [3.05, 3.63) is 0 Å². The summed E-state index contributed by atoms with van der Waals surface area (Å²) >= 11 is 3.58. The number of esters is 2. The number of hydrogen-bond acceptors (Lipinski definition) is 6. The van der Waals surface area contributed by atoms with Gasteiger partial charge in [-0.15, -0.1) is 23.5 Å². The lowest BCUT2D eigenvalue weighted by Crippen LogP contribution is -2.30. The van der Waals surface area contributed by atoms with E-state index in [1.165, 1.54) is 0 Å². The first-order valence-corrected chi connectivity index (χ1v) is 7.85. The molecule has 0 N–H and O–H groups in total. The molecule has 4 nitrogen and oxygen atoms in total. The van der Waals surface area contributed by atoms with Gasteiger partial charge in [0.05, 0.1) is 17.8 Å². The summed E-state index contributed by atoms with van der Waals surface area (Å²) in [5, 5.41) is 0. The quantitative estimate of drug-likeness (QED) is 0.546. The van der Waals surface area contributed by atoms with Crippen LogP contribution in [0.2, 0.25) is 0 Å². The van der Waals surface area contributed by atoms with E-state index in [1.54, 1.807) is 37.4 Å². The Hall–Kier alpha value is -0.360. The number of ether oxygens (including phenoxy) is 2. The summed E-state index contributed by atoms with van der Waals surface area (Å²) in [6.45, 7) is 4.05. The van der Waals surface area contributed by atoms with Gasteiger partial charge in [0.25, 0.3) is 0 Å². The molecule has 17 heavy (non-hydrogen) atoms. The van der Waals surface area contributed by atoms with Gasteiger partial charge in [-0.3, -0.25) is 9.59 Å². The Kier molecular flexibility index (Phi) is 6.80. The summed E-state index contributed by atoms with van der Waals surface area (Å²) in [5.74, 6) is 0.470. The maximum Gasteiger partial charge on any atom is 0.320 e. The van der Waals surface area contributed by atoms with Crippen molar-refractivity contribution in [2.75, 3.05) is 24.7 Å². The molecule has 0 aliphatic carbocycles. The van der Waals surface area contributed by atoms with Gasteiger partial charge >= 0.3 is 11.9 Å². The van der Waals surface area contributed by atoms with Gasteiger partial charge in [-0.2, -0.15) is 0 Å². The smallest absolute Gasteiger partial charge is 0.320 e. The molecule has 0 amide bonds. The summed E-state index contributed by atoms with van der Waals surface area (Å²) in [6, 6.07) is 0. The lowest BCUT2D eigenvalue weighted by molar-refractivity contribution is -0.161. The minimum Gasteiger partial charge on any atom is -0.465 e. The summed E-state index contributed by atoms with van der Waals surface area (Å²) < 4.78 is 10.1. The average Bonchev–Trinajstić information content (AvgIpc) is 2.79. The molecule has 1 aliphatic rings. The van der Waals surface area contributed by atoms with Crippen molar-refractivity contribution < 1.29 is 19.1 Å². The molecule has 0 atom stereocenters. The van der Waals surface area contributed by atoms with Crippen LogP contribution in [0.1, 0.15) is 20.3 Å². The van der Waals surface area contributed by atoms with Crippen molar-refractivity contribution in [2.45, 2.75) is 24.9 Å². The molecular weight excluding hydrogens is 260 g/mol. The Labute approximate surface area is 110 Å². The van der Waals surface area contributed by atoms with E-state index in [-0.39, 0.29) is 0 Å². The van der Waals surface area contributed by atoms with Crippen molar-refractivity contribution in [3.8, 4) is 0 Å². The Morgan fingerprint density at radius 2 is 1.59 bits per heavy atom. The molecule has 1 rings (SSSR count). The SMILES string of the molecule is CCOC(=O)C(CC1SCCS1)C(=O)OCC. The lowest BCUT2D eigenvalue weighted by atomic mass is 10.1. The fourth-order valence-electron chi connectivity index (χ4n) is 1.51. The molecule has 0 spiro atoms. The summed E-state index contributed by atoms with van der Waals surface area (Å²) in [4.78, 5) is 23.4. The monoisotopic (exact) mass is 278 g/mol. The van der Waals surface area contributed by atoms with Gasteiger partial charge in [0.2, 0.25) is 0 Å². The van der Waals surface area contributed by atoms with Crippen molar-refractivity contribution >= 4 is 35.5 Å². The van der Waals surface area contributed by atoms with Gasteiger partial charge in [0.1, 0.15) is 0 Å². The number of hydrogen-bond donors (Lipinski definition) is 0. The van der Waals surface area contributed by atoms with Crippen LogP contribution >= 0.6 is 23.5 Å². The molecule has 1 saturated heterocycles. The first-order chi connectivity index (χ1) is 8.19. The molecule has 0 saturated carbocycles. The van der Waals surface area contributed by atoms with Gasteiger partial charge in [-0.05, 0) is 20.3 Å². The number of carbonyl (C=O) groups is 2. The van der Waals surface area contributed by atoms with E-state index < -0.39 is 17.9 Å². The van der Waals surface area contributed by atoms with Gasteiger partial charge in [-0.25, -0.2) is 0 Å². The first kappa shape index (κ1) is 14.7. The second kappa shape index (κ2) is 7.87. The molecule has 0 aromatic rings. The lowest BCUT2D eigenvalue weighted by Gasteiger charge is -2.16. The van der Waals surface area contributed by atoms with Crippen molar-refractivity contribution in [2.24, 2.45) is 5.92 Å². The Bertz CT molecular complexity index is 246. The molecular formula is C11H18O4S2. The minimum absolute atomic E-state index is 0.291. The molecule has 6 heteroatoms. The maximum absolute atomic E-state index is 11.7. The Morgan fingerprint density at radius 1 is 1.12 bits per heavy atom. The van der Waals surface area contributed by atoms with E-state index in [1.807, 2.05) is 0 Å². The highest BCUT2D eigenvalue weighted by Gasteiger charge is 2.33. The highest BCUT2D eigenvalue weighted by molar-refractivity contribution is 8.20. The van der Waals surface area contributed by atoms with Crippen LogP contribution in [-0.2, 0) is 19.1 Å². The van der Waals surface area contributed by atoms with Crippen LogP contribution in [0.15, 0.2) is 0 Å². The van der Waals surface area contributed by atoms with E-state index in [0.29, 0.717) is 24.2 Å². The largest absolute Gasteiger partial charge is 0.465 e. The van der Waals surface area contributed by atoms with Crippen LogP contribution in [0, 0.1) is 5.92 Å². The average molecular weight is 278 g/mol. The van der Waals surface area contributed by atoms with Gasteiger partial charge < -0.3 is 9.47 Å². The van der Waals surface area contributed by atoms with E-state index in [0.717, 1.165) is 11.5 Å². The van der Waals surface area contributed by atoms with Gasteiger partial charge in [0, 0.05) is 11.5 Å². The fourth-order valence-corrected chi connectivity index (χ4v) is 4.43. The normalized spacial score (nSPS) is 16.2. The van der Waals surface area contributed by atoms with Crippen molar-refractivity contribution in [1.82, 2.24) is 0 Å². The number of carbonyl (C=O) groups excluding carboxylic acids is 2. The topological polar surface area (TPSA) is 52.6 Å². The van der Waals surface area contributed by atoms with Gasteiger partial charge in [0.15, 0.2) is 5.92 Å². The van der Waals surface area contributed by atoms with Crippen molar-refractivity contribution in [1.29, 1.82) is 0 Å². The van der Waals surface area contributed by atoms with Crippen LogP contribution < -0.4 is 0 Å². The fraction of sp³-hybridized carbons (Fsp3) is 0.818. The predicted molar refractivity (Wildman–Crippen MR) is 70.1 cm³/mol. The zero-order chi connectivity index (χ0) is 12.7. The summed E-state index contributed by atoms with van der Waals surface area (Å²) in [7, 11) is 0. The zero-order valence-electron chi connectivity index (χ0n) is 10.1. The van der Waals surface area contributed by atoms with Crippen LogP contribution in [0.4, 0.5) is 0 Å². The highest BCUT2D eigenvalue weighted by atomic mass is 32.2. The van der Waals surface area contributed by atoms with Crippen LogP contribution in [-0.4, -0.2) is 41.2 Å². The number of rotatable bonds is 6. The third-order valence-corrected chi connectivity index (χ3v) is 5.34. The molecule has 0 aromatic carbocycles. The summed E-state index contributed by atoms with van der Waals surface area (Å²) in [5.41, 5.74) is 0. The maximum atomic E-state index is 11.7. The molecule has 0 radical (unpaired) electrons. The van der Waals surface area contributed by atoms with E-state index in [4.69, 9.17) is 9.47 Å².